The van der Waals surface area contributed by atoms with Gasteiger partial charge in [-0.25, -0.2) is 19.7 Å². The minimum Gasteiger partial charge on any atom is -0.396 e. The molecule has 8 nitrogen and oxygen atoms in total. The van der Waals surface area contributed by atoms with Gasteiger partial charge in [0.25, 0.3) is 0 Å². The second-order valence-corrected chi connectivity index (χ2v) is 8.82. The molecule has 172 valence electrons. The molecule has 0 aliphatic carbocycles. The number of aliphatic hydroxyl groups excluding tert-OH is 1. The highest BCUT2D eigenvalue weighted by Gasteiger charge is 2.30. The maximum absolute atomic E-state index is 12.8. The van der Waals surface area contributed by atoms with E-state index < -0.39 is 17.8 Å². The summed E-state index contributed by atoms with van der Waals surface area (Å²) in [5.74, 6) is 0.353. The van der Waals surface area contributed by atoms with Gasteiger partial charge in [0.1, 0.15) is 12.1 Å². The van der Waals surface area contributed by atoms with Crippen LogP contribution in [0, 0.1) is 0 Å². The number of benzene rings is 1. The summed E-state index contributed by atoms with van der Waals surface area (Å²) < 4.78 is 39.4. The van der Waals surface area contributed by atoms with E-state index in [1.54, 1.807) is 0 Å². The molecule has 1 atom stereocenters. The first-order valence-electron chi connectivity index (χ1n) is 9.57. The van der Waals surface area contributed by atoms with Crippen LogP contribution in [0.4, 0.5) is 34.6 Å². The van der Waals surface area contributed by atoms with E-state index in [1.807, 2.05) is 11.4 Å². The number of hydrogen-bond donors (Lipinski definition) is 4. The maximum atomic E-state index is 12.8. The van der Waals surface area contributed by atoms with E-state index in [9.17, 15) is 23.1 Å². The summed E-state index contributed by atoms with van der Waals surface area (Å²) in [4.78, 5) is 25.5. The second-order valence-electron chi connectivity index (χ2n) is 6.84. The zero-order chi connectivity index (χ0) is 23.4. The van der Waals surface area contributed by atoms with Crippen LogP contribution in [-0.2, 0) is 6.18 Å². The first kappa shape index (κ1) is 22.9. The highest BCUT2D eigenvalue weighted by atomic mass is 32.1. The summed E-state index contributed by atoms with van der Waals surface area (Å²) in [7, 11) is 0. The van der Waals surface area contributed by atoms with Crippen LogP contribution in [0.3, 0.4) is 0 Å². The van der Waals surface area contributed by atoms with Gasteiger partial charge in [-0.3, -0.25) is 5.32 Å². The number of amides is 2. The molecule has 3 heterocycles. The highest BCUT2D eigenvalue weighted by molar-refractivity contribution is 7.17. The number of thiophene rings is 1. The van der Waals surface area contributed by atoms with E-state index in [0.717, 1.165) is 38.6 Å². The Morgan fingerprint density at radius 2 is 2.00 bits per heavy atom. The summed E-state index contributed by atoms with van der Waals surface area (Å²) in [5.41, 5.74) is -0.0333. The monoisotopic (exact) mass is 494 g/mol. The van der Waals surface area contributed by atoms with E-state index in [4.69, 9.17) is 0 Å². The molecule has 0 bridgehead atoms. The minimum absolute atomic E-state index is 0.00119. The molecule has 33 heavy (non-hydrogen) atoms. The number of anilines is 3. The zero-order valence-corrected chi connectivity index (χ0v) is 18.4. The molecular weight excluding hydrogens is 477 g/mol. The van der Waals surface area contributed by atoms with Crippen LogP contribution in [0.15, 0.2) is 48.2 Å². The number of thiazole rings is 1. The predicted octanol–water partition coefficient (Wildman–Crippen LogP) is 5.00. The summed E-state index contributed by atoms with van der Waals surface area (Å²) in [5, 5.41) is 20.1. The molecule has 0 radical (unpaired) electrons. The number of urea groups is 1. The first-order valence-corrected chi connectivity index (χ1v) is 11.3. The van der Waals surface area contributed by atoms with E-state index in [-0.39, 0.29) is 23.3 Å². The van der Waals surface area contributed by atoms with E-state index in [2.05, 4.69) is 30.9 Å². The van der Waals surface area contributed by atoms with Gasteiger partial charge in [-0.05, 0) is 29.6 Å². The van der Waals surface area contributed by atoms with E-state index in [1.165, 1.54) is 36.0 Å². The number of carbonyl (C=O) groups is 1. The van der Waals surface area contributed by atoms with Gasteiger partial charge in [0.2, 0.25) is 0 Å². The summed E-state index contributed by atoms with van der Waals surface area (Å²) in [6.07, 6.45) is -1.51. The maximum Gasteiger partial charge on any atom is 0.416 e. The lowest BCUT2D eigenvalue weighted by Crippen LogP contribution is -2.19. The average Bonchev–Trinajstić information content (AvgIpc) is 3.44. The summed E-state index contributed by atoms with van der Waals surface area (Å²) in [6.45, 7) is 0.211. The number of aliphatic hydroxyl groups is 1. The molecule has 0 saturated heterocycles. The second kappa shape index (κ2) is 9.68. The SMILES string of the molecule is O=C(Nc1cccc(C(F)(F)F)c1)Nc1ncc(C(CO)CNc2ncnc3ccsc23)s1. The number of fused-ring (bicyclic) bond motifs is 1. The van der Waals surface area contributed by atoms with Crippen molar-refractivity contribution in [3.05, 3.63) is 58.7 Å². The smallest absolute Gasteiger partial charge is 0.396 e. The van der Waals surface area contributed by atoms with Gasteiger partial charge >= 0.3 is 12.2 Å². The molecule has 0 aliphatic heterocycles. The molecule has 1 unspecified atom stereocenters. The van der Waals surface area contributed by atoms with Crippen molar-refractivity contribution in [2.75, 3.05) is 29.1 Å². The van der Waals surface area contributed by atoms with Crippen molar-refractivity contribution in [2.45, 2.75) is 12.1 Å². The Hall–Kier alpha value is -3.29. The Morgan fingerprint density at radius 3 is 2.79 bits per heavy atom. The molecule has 2 amide bonds. The van der Waals surface area contributed by atoms with Crippen molar-refractivity contribution in [3.8, 4) is 0 Å². The standard InChI is InChI=1S/C20H17F3N6O2S2/c21-20(22,23)12-2-1-3-13(6-12)28-18(31)29-19-25-8-15(33-19)11(9-30)7-24-17-16-14(4-5-32-16)26-10-27-17/h1-6,8,10-11,30H,7,9H2,(H,24,26,27)(H2,25,28,29,31). The molecular formula is C20H17F3N6O2S2. The fourth-order valence-electron chi connectivity index (χ4n) is 2.96. The Balaban J connectivity index is 1.37. The first-order chi connectivity index (χ1) is 15.8. The topological polar surface area (TPSA) is 112 Å². The molecule has 0 fully saturated rings. The number of nitrogens with one attached hydrogen (secondary N) is 3. The van der Waals surface area contributed by atoms with Gasteiger partial charge in [0, 0.05) is 29.2 Å². The van der Waals surface area contributed by atoms with Crippen molar-refractivity contribution in [1.82, 2.24) is 15.0 Å². The lowest BCUT2D eigenvalue weighted by molar-refractivity contribution is -0.137. The van der Waals surface area contributed by atoms with Crippen LogP contribution < -0.4 is 16.0 Å². The lowest BCUT2D eigenvalue weighted by Gasteiger charge is -2.13. The van der Waals surface area contributed by atoms with Gasteiger partial charge in [0.15, 0.2) is 5.13 Å². The third-order valence-electron chi connectivity index (χ3n) is 4.57. The average molecular weight is 495 g/mol. The van der Waals surface area contributed by atoms with Crippen LogP contribution in [0.2, 0.25) is 0 Å². The molecule has 0 aliphatic rings. The fourth-order valence-corrected chi connectivity index (χ4v) is 4.67. The zero-order valence-electron chi connectivity index (χ0n) is 16.8. The molecule has 13 heteroatoms. The van der Waals surface area contributed by atoms with Crippen molar-refractivity contribution in [2.24, 2.45) is 0 Å². The van der Waals surface area contributed by atoms with Gasteiger partial charge in [-0.2, -0.15) is 13.2 Å². The number of alkyl halides is 3. The summed E-state index contributed by atoms with van der Waals surface area (Å²) in [6, 6.07) is 5.49. The highest BCUT2D eigenvalue weighted by Crippen LogP contribution is 2.31. The molecule has 1 aromatic carbocycles. The quantitative estimate of drug-likeness (QED) is 0.288. The van der Waals surface area contributed by atoms with Crippen LogP contribution in [0.5, 0.6) is 0 Å². The number of carbonyl (C=O) groups excluding carboxylic acids is 1. The molecule has 3 aromatic heterocycles. The van der Waals surface area contributed by atoms with Crippen molar-refractivity contribution >= 4 is 55.6 Å². The summed E-state index contributed by atoms with van der Waals surface area (Å²) >= 11 is 2.67. The fraction of sp³-hybridized carbons (Fsp3) is 0.200. The Kier molecular flexibility index (Phi) is 6.72. The van der Waals surface area contributed by atoms with Crippen molar-refractivity contribution in [3.63, 3.8) is 0 Å². The number of halogens is 3. The molecule has 4 rings (SSSR count). The van der Waals surface area contributed by atoms with Crippen LogP contribution in [0.1, 0.15) is 16.4 Å². The lowest BCUT2D eigenvalue weighted by atomic mass is 10.1. The van der Waals surface area contributed by atoms with Gasteiger partial charge in [0.05, 0.1) is 22.4 Å². The van der Waals surface area contributed by atoms with Crippen LogP contribution >= 0.6 is 22.7 Å². The van der Waals surface area contributed by atoms with Crippen LogP contribution in [0.25, 0.3) is 10.2 Å². The number of aromatic nitrogens is 3. The normalized spacial score (nSPS) is 12.5. The van der Waals surface area contributed by atoms with Crippen molar-refractivity contribution in [1.29, 1.82) is 0 Å². The van der Waals surface area contributed by atoms with E-state index >= 15 is 0 Å². The van der Waals surface area contributed by atoms with Crippen molar-refractivity contribution < 1.29 is 23.1 Å². The van der Waals surface area contributed by atoms with E-state index in [0.29, 0.717) is 12.4 Å². The van der Waals surface area contributed by atoms with Gasteiger partial charge in [-0.1, -0.05) is 6.07 Å². The van der Waals surface area contributed by atoms with Crippen LogP contribution in [-0.4, -0.2) is 39.2 Å². The van der Waals surface area contributed by atoms with Gasteiger partial charge < -0.3 is 15.7 Å². The third-order valence-corrected chi connectivity index (χ3v) is 6.56. The Labute approximate surface area is 193 Å². The Morgan fingerprint density at radius 1 is 1.15 bits per heavy atom. The van der Waals surface area contributed by atoms with Gasteiger partial charge in [-0.15, -0.1) is 22.7 Å². The minimum atomic E-state index is -4.51. The predicted molar refractivity (Wildman–Crippen MR) is 122 cm³/mol. The number of hydrogen-bond acceptors (Lipinski definition) is 8. The molecule has 0 spiro atoms. The third kappa shape index (κ3) is 5.56. The largest absolute Gasteiger partial charge is 0.416 e. The molecule has 0 saturated carbocycles. The molecule has 4 N–H and O–H groups in total. The number of nitrogens with zero attached hydrogens (tertiary/aromatic N) is 3. The Bertz CT molecular complexity index is 1260. The molecule has 4 aromatic rings. The number of rotatable bonds is 7.